The van der Waals surface area contributed by atoms with Crippen LogP contribution in [0.2, 0.25) is 0 Å². The smallest absolute Gasteiger partial charge is 0.309 e. The highest BCUT2D eigenvalue weighted by Crippen LogP contribution is 2.40. The molecule has 0 bridgehead atoms. The van der Waals surface area contributed by atoms with Gasteiger partial charge in [0.25, 0.3) is 0 Å². The summed E-state index contributed by atoms with van der Waals surface area (Å²) in [6.45, 7) is 3.68. The molecule has 2 aromatic carbocycles. The lowest BCUT2D eigenvalue weighted by Crippen LogP contribution is -2.28. The summed E-state index contributed by atoms with van der Waals surface area (Å²) in [5.41, 5.74) is 1.75. The number of para-hydroxylation sites is 1. The summed E-state index contributed by atoms with van der Waals surface area (Å²) in [5, 5.41) is 21.0. The van der Waals surface area contributed by atoms with E-state index < -0.39 is 17.5 Å². The second kappa shape index (κ2) is 9.45. The van der Waals surface area contributed by atoms with Gasteiger partial charge < -0.3 is 14.9 Å². The first kappa shape index (κ1) is 23.1. The summed E-state index contributed by atoms with van der Waals surface area (Å²) in [6, 6.07) is 15.2. The summed E-state index contributed by atoms with van der Waals surface area (Å²) in [4.78, 5) is 29.5. The Balaban J connectivity index is 1.63. The number of ether oxygens (including phenoxy) is 1. The third-order valence-electron chi connectivity index (χ3n) is 6.45. The SMILES string of the molecule is CC[C@](C)(CCC(=O)C1=C(OCc2nc3ccccc3s2)c2ccccc2C(O)C1)C(=O)O. The third-order valence-corrected chi connectivity index (χ3v) is 7.46. The molecule has 1 unspecified atom stereocenters. The van der Waals surface area contributed by atoms with Gasteiger partial charge in [0, 0.05) is 24.0 Å². The summed E-state index contributed by atoms with van der Waals surface area (Å²) < 4.78 is 7.26. The Hall–Kier alpha value is -3.03. The standard InChI is InChI=1S/C26H27NO5S/c1-3-26(2,25(30)31)13-12-20(28)18-14-21(29)16-8-4-5-9-17(16)24(18)32-15-23-27-19-10-6-7-11-22(19)33-23/h4-11,21,29H,3,12-15H2,1-2H3,(H,30,31)/t21?,26-/m1/s1. The van der Waals surface area contributed by atoms with Gasteiger partial charge in [-0.2, -0.15) is 0 Å². The number of hydrogen-bond acceptors (Lipinski definition) is 6. The number of Topliss-reactive ketones (excluding diaryl/α,β-unsaturated/α-hetero) is 1. The average Bonchev–Trinajstić information content (AvgIpc) is 3.24. The number of hydrogen-bond donors (Lipinski definition) is 2. The third kappa shape index (κ3) is 4.70. The highest BCUT2D eigenvalue weighted by atomic mass is 32.1. The summed E-state index contributed by atoms with van der Waals surface area (Å²) in [7, 11) is 0. The molecule has 0 amide bonds. The van der Waals surface area contributed by atoms with Crippen LogP contribution in [0.25, 0.3) is 16.0 Å². The second-order valence-electron chi connectivity index (χ2n) is 8.62. The van der Waals surface area contributed by atoms with Crippen molar-refractivity contribution in [2.45, 2.75) is 52.2 Å². The number of carbonyl (C=O) groups excluding carboxylic acids is 1. The molecule has 7 heteroatoms. The van der Waals surface area contributed by atoms with E-state index in [1.54, 1.807) is 6.92 Å². The molecule has 0 saturated carbocycles. The number of rotatable bonds is 9. The Bertz CT molecular complexity index is 1200. The summed E-state index contributed by atoms with van der Waals surface area (Å²) >= 11 is 1.54. The van der Waals surface area contributed by atoms with Crippen LogP contribution in [-0.4, -0.2) is 26.9 Å². The average molecular weight is 466 g/mol. The van der Waals surface area contributed by atoms with Crippen LogP contribution in [-0.2, 0) is 20.9 Å². The molecule has 172 valence electrons. The lowest BCUT2D eigenvalue weighted by atomic mass is 9.80. The lowest BCUT2D eigenvalue weighted by molar-refractivity contribution is -0.148. The maximum absolute atomic E-state index is 13.2. The maximum Gasteiger partial charge on any atom is 0.309 e. The van der Waals surface area contributed by atoms with E-state index in [9.17, 15) is 19.8 Å². The minimum atomic E-state index is -0.969. The van der Waals surface area contributed by atoms with Gasteiger partial charge in [-0.25, -0.2) is 4.98 Å². The molecule has 2 atom stereocenters. The monoisotopic (exact) mass is 465 g/mol. The van der Waals surface area contributed by atoms with Gasteiger partial charge in [-0.05, 0) is 37.5 Å². The molecule has 0 fully saturated rings. The van der Waals surface area contributed by atoms with E-state index in [1.165, 1.54) is 11.3 Å². The lowest BCUT2D eigenvalue weighted by Gasteiger charge is -2.27. The Morgan fingerprint density at radius 2 is 1.91 bits per heavy atom. The van der Waals surface area contributed by atoms with Crippen LogP contribution >= 0.6 is 11.3 Å². The van der Waals surface area contributed by atoms with Gasteiger partial charge in [0.2, 0.25) is 0 Å². The molecule has 2 N–H and O–H groups in total. The van der Waals surface area contributed by atoms with Gasteiger partial charge in [0.05, 0.1) is 21.7 Å². The van der Waals surface area contributed by atoms with Crippen molar-refractivity contribution in [2.75, 3.05) is 0 Å². The van der Waals surface area contributed by atoms with E-state index in [0.29, 0.717) is 23.3 Å². The number of thiazole rings is 1. The van der Waals surface area contributed by atoms with Crippen LogP contribution in [0.15, 0.2) is 54.1 Å². The minimum absolute atomic E-state index is 0.0782. The largest absolute Gasteiger partial charge is 0.485 e. The number of fused-ring (bicyclic) bond motifs is 2. The van der Waals surface area contributed by atoms with E-state index in [0.717, 1.165) is 20.8 Å². The van der Waals surface area contributed by atoms with Crippen molar-refractivity contribution in [3.63, 3.8) is 0 Å². The quantitative estimate of drug-likeness (QED) is 0.432. The van der Waals surface area contributed by atoms with E-state index in [4.69, 9.17) is 4.74 Å². The molecule has 3 aromatic rings. The summed E-state index contributed by atoms with van der Waals surface area (Å²) in [5.74, 6) is -0.648. The van der Waals surface area contributed by atoms with Gasteiger partial charge in [-0.3, -0.25) is 9.59 Å². The van der Waals surface area contributed by atoms with Crippen molar-refractivity contribution in [3.05, 3.63) is 70.2 Å². The maximum atomic E-state index is 13.2. The highest BCUT2D eigenvalue weighted by molar-refractivity contribution is 7.18. The number of carboxylic acid groups (broad SMARTS) is 1. The number of aromatic nitrogens is 1. The minimum Gasteiger partial charge on any atom is -0.485 e. The molecule has 6 nitrogen and oxygen atoms in total. The molecule has 0 radical (unpaired) electrons. The van der Waals surface area contributed by atoms with Crippen LogP contribution in [0.4, 0.5) is 0 Å². The number of carboxylic acids is 1. The fraction of sp³-hybridized carbons (Fsp3) is 0.346. The number of nitrogens with zero attached hydrogens (tertiary/aromatic N) is 1. The van der Waals surface area contributed by atoms with Gasteiger partial charge in [-0.15, -0.1) is 11.3 Å². The second-order valence-corrected chi connectivity index (χ2v) is 9.74. The number of aliphatic hydroxyl groups excluding tert-OH is 1. The van der Waals surface area contributed by atoms with Gasteiger partial charge in [-0.1, -0.05) is 43.3 Å². The molecule has 0 spiro atoms. The van der Waals surface area contributed by atoms with Crippen molar-refractivity contribution in [1.82, 2.24) is 4.98 Å². The number of benzene rings is 2. The highest BCUT2D eigenvalue weighted by Gasteiger charge is 2.34. The molecular weight excluding hydrogens is 438 g/mol. The van der Waals surface area contributed by atoms with Crippen molar-refractivity contribution in [3.8, 4) is 0 Å². The normalized spacial score (nSPS) is 17.5. The zero-order valence-corrected chi connectivity index (χ0v) is 19.5. The molecule has 1 heterocycles. The van der Waals surface area contributed by atoms with Crippen LogP contribution in [0, 0.1) is 5.41 Å². The van der Waals surface area contributed by atoms with Crippen molar-refractivity contribution in [2.24, 2.45) is 5.41 Å². The zero-order chi connectivity index (χ0) is 23.6. The molecule has 1 aliphatic rings. The Labute approximate surface area is 196 Å². The van der Waals surface area contributed by atoms with Crippen LogP contribution in [0.5, 0.6) is 0 Å². The molecular formula is C26H27NO5S. The van der Waals surface area contributed by atoms with Gasteiger partial charge in [0.15, 0.2) is 5.78 Å². The molecule has 1 aromatic heterocycles. The van der Waals surface area contributed by atoms with Crippen LogP contribution < -0.4 is 0 Å². The fourth-order valence-corrected chi connectivity index (χ4v) is 4.93. The topological polar surface area (TPSA) is 96.7 Å². The van der Waals surface area contributed by atoms with Gasteiger partial charge in [0.1, 0.15) is 17.4 Å². The predicted molar refractivity (Wildman–Crippen MR) is 128 cm³/mol. The van der Waals surface area contributed by atoms with Crippen LogP contribution in [0.1, 0.15) is 61.8 Å². The fourth-order valence-electron chi connectivity index (χ4n) is 4.05. The van der Waals surface area contributed by atoms with Crippen molar-refractivity contribution in [1.29, 1.82) is 0 Å². The van der Waals surface area contributed by atoms with E-state index in [-0.39, 0.29) is 31.7 Å². The molecule has 0 aliphatic heterocycles. The summed E-state index contributed by atoms with van der Waals surface area (Å²) in [6.07, 6.45) is 0.0629. The van der Waals surface area contributed by atoms with E-state index in [1.807, 2.05) is 55.5 Å². The first-order valence-electron chi connectivity index (χ1n) is 11.1. The Morgan fingerprint density at radius 3 is 2.64 bits per heavy atom. The predicted octanol–water partition coefficient (Wildman–Crippen LogP) is 5.51. The van der Waals surface area contributed by atoms with E-state index >= 15 is 0 Å². The van der Waals surface area contributed by atoms with Crippen molar-refractivity contribution >= 4 is 39.1 Å². The number of aliphatic hydroxyl groups is 1. The number of ketones is 1. The van der Waals surface area contributed by atoms with Gasteiger partial charge >= 0.3 is 5.97 Å². The number of carbonyl (C=O) groups is 2. The molecule has 4 rings (SSSR count). The first-order valence-corrected chi connectivity index (χ1v) is 11.9. The molecule has 0 saturated heterocycles. The van der Waals surface area contributed by atoms with Crippen molar-refractivity contribution < 1.29 is 24.5 Å². The zero-order valence-electron chi connectivity index (χ0n) is 18.7. The Kier molecular flexibility index (Phi) is 6.63. The Morgan fingerprint density at radius 1 is 1.18 bits per heavy atom. The first-order chi connectivity index (χ1) is 15.8. The molecule has 1 aliphatic carbocycles. The van der Waals surface area contributed by atoms with E-state index in [2.05, 4.69) is 4.98 Å². The number of aliphatic carboxylic acids is 1. The van der Waals surface area contributed by atoms with Crippen LogP contribution in [0.3, 0.4) is 0 Å². The molecule has 33 heavy (non-hydrogen) atoms.